The van der Waals surface area contributed by atoms with Crippen LogP contribution in [0.1, 0.15) is 39.5 Å². The molecule has 17 heavy (non-hydrogen) atoms. The van der Waals surface area contributed by atoms with Crippen molar-refractivity contribution in [1.82, 2.24) is 5.32 Å². The van der Waals surface area contributed by atoms with Crippen molar-refractivity contribution in [2.45, 2.75) is 51.7 Å². The molecule has 3 atom stereocenters. The van der Waals surface area contributed by atoms with Gasteiger partial charge in [-0.15, -0.1) is 0 Å². The van der Waals surface area contributed by atoms with E-state index in [0.29, 0.717) is 18.1 Å². The summed E-state index contributed by atoms with van der Waals surface area (Å²) in [7, 11) is 0. The van der Waals surface area contributed by atoms with Crippen molar-refractivity contribution < 1.29 is 9.47 Å². The lowest BCUT2D eigenvalue weighted by molar-refractivity contribution is 0.110. The number of rotatable bonds is 5. The Balaban J connectivity index is 1.99. The molecule has 3 heteroatoms. The van der Waals surface area contributed by atoms with E-state index < -0.39 is 0 Å². The summed E-state index contributed by atoms with van der Waals surface area (Å²) in [6.45, 7) is 7.15. The van der Waals surface area contributed by atoms with Gasteiger partial charge in [-0.25, -0.2) is 0 Å². The number of hydrogen-bond donors (Lipinski definition) is 1. The average Bonchev–Trinajstić information content (AvgIpc) is 2.78. The van der Waals surface area contributed by atoms with Crippen LogP contribution in [-0.2, 0) is 9.47 Å². The van der Waals surface area contributed by atoms with E-state index in [2.05, 4.69) is 25.2 Å². The third-order valence-corrected chi connectivity index (χ3v) is 3.58. The molecular formula is C14H25NO2. The Morgan fingerprint density at radius 3 is 3.00 bits per heavy atom. The number of hydrogen-bond acceptors (Lipinski definition) is 3. The second kappa shape index (κ2) is 6.41. The van der Waals surface area contributed by atoms with Gasteiger partial charge in [-0.2, -0.15) is 0 Å². The van der Waals surface area contributed by atoms with Crippen LogP contribution in [0.3, 0.4) is 0 Å². The molecule has 0 bridgehead atoms. The molecule has 0 radical (unpaired) electrons. The van der Waals surface area contributed by atoms with E-state index in [1.165, 1.54) is 0 Å². The van der Waals surface area contributed by atoms with E-state index in [1.54, 1.807) is 0 Å². The summed E-state index contributed by atoms with van der Waals surface area (Å²) in [5, 5.41) is 3.63. The van der Waals surface area contributed by atoms with Gasteiger partial charge in [-0.3, -0.25) is 0 Å². The Hall–Kier alpha value is -0.540. The van der Waals surface area contributed by atoms with Crippen molar-refractivity contribution in [2.24, 2.45) is 5.92 Å². The smallest absolute Gasteiger partial charge is 0.109 e. The number of ether oxygens (including phenoxy) is 2. The fourth-order valence-electron chi connectivity index (χ4n) is 2.68. The Labute approximate surface area is 105 Å². The standard InChI is InChI=1S/C14H25NO2/c1-3-7-15-14(12-9-11(2)17-10-12)13-6-4-5-8-16-13/h6,11-12,14-15H,3-5,7-10H2,1-2H3. The van der Waals surface area contributed by atoms with Crippen molar-refractivity contribution in [2.75, 3.05) is 19.8 Å². The summed E-state index contributed by atoms with van der Waals surface area (Å²) >= 11 is 0. The Bertz CT molecular complexity index is 265. The zero-order valence-corrected chi connectivity index (χ0v) is 11.1. The van der Waals surface area contributed by atoms with Gasteiger partial charge in [-0.05, 0) is 45.2 Å². The third kappa shape index (κ3) is 3.46. The first-order chi connectivity index (χ1) is 8.31. The zero-order chi connectivity index (χ0) is 12.1. The summed E-state index contributed by atoms with van der Waals surface area (Å²) in [5.74, 6) is 1.73. The summed E-state index contributed by atoms with van der Waals surface area (Å²) in [4.78, 5) is 0. The molecule has 2 heterocycles. The van der Waals surface area contributed by atoms with Crippen molar-refractivity contribution >= 4 is 0 Å². The molecule has 0 aromatic heterocycles. The van der Waals surface area contributed by atoms with Crippen molar-refractivity contribution in [3.05, 3.63) is 11.8 Å². The maximum absolute atomic E-state index is 5.83. The third-order valence-electron chi connectivity index (χ3n) is 3.58. The van der Waals surface area contributed by atoms with E-state index in [9.17, 15) is 0 Å². The SMILES string of the molecule is CCCNC(C1=CCCCO1)C1COC(C)C1. The lowest BCUT2D eigenvalue weighted by Crippen LogP contribution is -2.40. The van der Waals surface area contributed by atoms with Gasteiger partial charge in [0.15, 0.2) is 0 Å². The van der Waals surface area contributed by atoms with Crippen LogP contribution in [0.2, 0.25) is 0 Å². The summed E-state index contributed by atoms with van der Waals surface area (Å²) in [6, 6.07) is 0.361. The highest BCUT2D eigenvalue weighted by Gasteiger charge is 2.32. The van der Waals surface area contributed by atoms with Gasteiger partial charge in [0.2, 0.25) is 0 Å². The lowest BCUT2D eigenvalue weighted by atomic mass is 9.94. The first-order valence-electron chi connectivity index (χ1n) is 6.99. The van der Waals surface area contributed by atoms with Crippen LogP contribution >= 0.6 is 0 Å². The second-order valence-electron chi connectivity index (χ2n) is 5.17. The van der Waals surface area contributed by atoms with Gasteiger partial charge < -0.3 is 14.8 Å². The van der Waals surface area contributed by atoms with Gasteiger partial charge in [0.05, 0.1) is 25.4 Å². The van der Waals surface area contributed by atoms with E-state index in [-0.39, 0.29) is 0 Å². The van der Waals surface area contributed by atoms with Crippen LogP contribution in [0, 0.1) is 5.92 Å². The fraction of sp³-hybridized carbons (Fsp3) is 0.857. The molecule has 0 aliphatic carbocycles. The first kappa shape index (κ1) is 12.9. The lowest BCUT2D eigenvalue weighted by Gasteiger charge is -2.28. The van der Waals surface area contributed by atoms with Gasteiger partial charge in [0.25, 0.3) is 0 Å². The van der Waals surface area contributed by atoms with Crippen LogP contribution in [0.4, 0.5) is 0 Å². The number of allylic oxidation sites excluding steroid dienone is 1. The van der Waals surface area contributed by atoms with Crippen LogP contribution in [0.25, 0.3) is 0 Å². The minimum absolute atomic E-state index is 0.361. The van der Waals surface area contributed by atoms with Crippen LogP contribution in [0.15, 0.2) is 11.8 Å². The Morgan fingerprint density at radius 1 is 1.53 bits per heavy atom. The highest BCUT2D eigenvalue weighted by atomic mass is 16.5. The minimum atomic E-state index is 0.361. The largest absolute Gasteiger partial charge is 0.497 e. The Morgan fingerprint density at radius 2 is 2.41 bits per heavy atom. The quantitative estimate of drug-likeness (QED) is 0.799. The molecule has 98 valence electrons. The monoisotopic (exact) mass is 239 g/mol. The van der Waals surface area contributed by atoms with Crippen LogP contribution in [0.5, 0.6) is 0 Å². The summed E-state index contributed by atoms with van der Waals surface area (Å²) in [6.07, 6.45) is 7.27. The molecule has 1 saturated heterocycles. The molecule has 0 aromatic rings. The van der Waals surface area contributed by atoms with Crippen molar-refractivity contribution in [3.8, 4) is 0 Å². The van der Waals surface area contributed by atoms with Crippen molar-refractivity contribution in [1.29, 1.82) is 0 Å². The highest BCUT2D eigenvalue weighted by Crippen LogP contribution is 2.28. The predicted molar refractivity (Wildman–Crippen MR) is 68.9 cm³/mol. The summed E-state index contributed by atoms with van der Waals surface area (Å²) in [5.41, 5.74) is 0. The average molecular weight is 239 g/mol. The molecular weight excluding hydrogens is 214 g/mol. The van der Waals surface area contributed by atoms with Crippen LogP contribution in [-0.4, -0.2) is 31.9 Å². The summed E-state index contributed by atoms with van der Waals surface area (Å²) < 4.78 is 11.5. The molecule has 0 aromatic carbocycles. The van der Waals surface area contributed by atoms with Crippen LogP contribution < -0.4 is 5.32 Å². The predicted octanol–water partition coefficient (Wildman–Crippen LogP) is 2.47. The molecule has 2 rings (SSSR count). The molecule has 3 nitrogen and oxygen atoms in total. The van der Waals surface area contributed by atoms with Gasteiger partial charge in [0, 0.05) is 5.92 Å². The van der Waals surface area contributed by atoms with Gasteiger partial charge in [0.1, 0.15) is 5.76 Å². The number of nitrogens with one attached hydrogen (secondary N) is 1. The molecule has 1 N–H and O–H groups in total. The van der Waals surface area contributed by atoms with E-state index in [0.717, 1.165) is 51.2 Å². The zero-order valence-electron chi connectivity index (χ0n) is 11.1. The molecule has 1 fully saturated rings. The normalized spacial score (nSPS) is 30.8. The fourth-order valence-corrected chi connectivity index (χ4v) is 2.68. The Kier molecular flexibility index (Phi) is 4.86. The molecule has 3 unspecified atom stereocenters. The second-order valence-corrected chi connectivity index (χ2v) is 5.17. The first-order valence-corrected chi connectivity index (χ1v) is 6.99. The van der Waals surface area contributed by atoms with Gasteiger partial charge >= 0.3 is 0 Å². The molecule has 2 aliphatic rings. The minimum Gasteiger partial charge on any atom is -0.497 e. The van der Waals surface area contributed by atoms with E-state index in [1.807, 2.05) is 0 Å². The van der Waals surface area contributed by atoms with E-state index in [4.69, 9.17) is 9.47 Å². The maximum atomic E-state index is 5.83. The molecule has 2 aliphatic heterocycles. The topological polar surface area (TPSA) is 30.5 Å². The maximum Gasteiger partial charge on any atom is 0.109 e. The van der Waals surface area contributed by atoms with E-state index >= 15 is 0 Å². The molecule has 0 spiro atoms. The van der Waals surface area contributed by atoms with Crippen molar-refractivity contribution in [3.63, 3.8) is 0 Å². The molecule has 0 amide bonds. The highest BCUT2D eigenvalue weighted by molar-refractivity contribution is 5.08. The molecule has 0 saturated carbocycles. The van der Waals surface area contributed by atoms with Gasteiger partial charge in [-0.1, -0.05) is 6.92 Å².